The summed E-state index contributed by atoms with van der Waals surface area (Å²) in [7, 11) is 0. The Labute approximate surface area is 126 Å². The molecule has 0 aliphatic carbocycles. The molecule has 2 rings (SSSR count). The first-order valence-corrected chi connectivity index (χ1v) is 6.57. The lowest BCUT2D eigenvalue weighted by Crippen LogP contribution is -2.03. The highest BCUT2D eigenvalue weighted by Gasteiger charge is 2.15. The number of nitro groups is 1. The Bertz CT molecular complexity index is 738. The first kappa shape index (κ1) is 14.8. The highest BCUT2D eigenvalue weighted by Crippen LogP contribution is 2.30. The zero-order chi connectivity index (χ0) is 15.4. The molecule has 0 radical (unpaired) electrons. The minimum atomic E-state index is -0.510. The lowest BCUT2D eigenvalue weighted by molar-refractivity contribution is -0.384. The maximum Gasteiger partial charge on any atom is 0.288 e. The van der Waals surface area contributed by atoms with Crippen molar-refractivity contribution in [3.05, 3.63) is 68.2 Å². The van der Waals surface area contributed by atoms with Crippen LogP contribution in [0.1, 0.15) is 16.7 Å². The Hall–Kier alpha value is -2.58. The van der Waals surface area contributed by atoms with Gasteiger partial charge in [0.25, 0.3) is 5.69 Å². The fourth-order valence-corrected chi connectivity index (χ4v) is 2.20. The van der Waals surface area contributed by atoms with E-state index in [0.29, 0.717) is 17.8 Å². The molecule has 0 aliphatic rings. The number of nitriles is 1. The molecular formula is C15H12ClN3O2. The summed E-state index contributed by atoms with van der Waals surface area (Å²) in [4.78, 5) is 10.3. The molecule has 0 atom stereocenters. The average molecular weight is 302 g/mol. The summed E-state index contributed by atoms with van der Waals surface area (Å²) in [6.45, 7) is 2.21. The van der Waals surface area contributed by atoms with Gasteiger partial charge < -0.3 is 5.32 Å². The smallest absolute Gasteiger partial charge is 0.288 e. The molecule has 0 saturated carbocycles. The molecule has 6 heteroatoms. The Morgan fingerprint density at radius 3 is 2.76 bits per heavy atom. The van der Waals surface area contributed by atoms with E-state index in [9.17, 15) is 10.1 Å². The predicted octanol–water partition coefficient (Wildman–Crippen LogP) is 4.04. The van der Waals surface area contributed by atoms with E-state index in [-0.39, 0.29) is 10.7 Å². The van der Waals surface area contributed by atoms with E-state index in [1.165, 1.54) is 12.1 Å². The Morgan fingerprint density at radius 2 is 2.10 bits per heavy atom. The van der Waals surface area contributed by atoms with Gasteiger partial charge in [0.15, 0.2) is 0 Å². The van der Waals surface area contributed by atoms with Gasteiger partial charge in [-0.15, -0.1) is 0 Å². The first-order chi connectivity index (χ1) is 10.0. The Kier molecular flexibility index (Phi) is 4.41. The van der Waals surface area contributed by atoms with Gasteiger partial charge >= 0.3 is 0 Å². The van der Waals surface area contributed by atoms with Gasteiger partial charge in [-0.1, -0.05) is 29.8 Å². The normalized spacial score (nSPS) is 9.95. The number of hydrogen-bond donors (Lipinski definition) is 1. The molecule has 0 aliphatic heterocycles. The van der Waals surface area contributed by atoms with Crippen LogP contribution < -0.4 is 5.32 Å². The number of nitrogens with zero attached hydrogens (tertiary/aromatic N) is 2. The molecule has 2 aromatic carbocycles. The van der Waals surface area contributed by atoms with Crippen LogP contribution in [0.25, 0.3) is 0 Å². The van der Waals surface area contributed by atoms with Crippen LogP contribution in [0.15, 0.2) is 36.4 Å². The standard InChI is InChI=1S/C15H12ClN3O2/c1-10-6-15(19(20)21)13(16)7-14(10)18-9-12-5-3-2-4-11(12)8-17/h2-7,18H,9H2,1H3. The van der Waals surface area contributed by atoms with E-state index >= 15 is 0 Å². The second kappa shape index (κ2) is 6.25. The quantitative estimate of drug-likeness (QED) is 0.682. The summed E-state index contributed by atoms with van der Waals surface area (Å²) < 4.78 is 0. The van der Waals surface area contributed by atoms with E-state index in [4.69, 9.17) is 16.9 Å². The van der Waals surface area contributed by atoms with Crippen LogP contribution in [-0.4, -0.2) is 4.92 Å². The van der Waals surface area contributed by atoms with Crippen LogP contribution in [0.5, 0.6) is 0 Å². The molecule has 21 heavy (non-hydrogen) atoms. The second-order valence-electron chi connectivity index (χ2n) is 4.50. The van der Waals surface area contributed by atoms with Gasteiger partial charge in [0, 0.05) is 18.3 Å². The molecule has 0 saturated heterocycles. The molecule has 5 nitrogen and oxygen atoms in total. The fraction of sp³-hybridized carbons (Fsp3) is 0.133. The lowest BCUT2D eigenvalue weighted by Gasteiger charge is -2.11. The van der Waals surface area contributed by atoms with Gasteiger partial charge in [-0.25, -0.2) is 0 Å². The molecule has 0 amide bonds. The fourth-order valence-electron chi connectivity index (χ4n) is 1.97. The van der Waals surface area contributed by atoms with Crippen LogP contribution >= 0.6 is 11.6 Å². The number of aryl methyl sites for hydroxylation is 1. The number of nitrogens with one attached hydrogen (secondary N) is 1. The molecule has 0 spiro atoms. The van der Waals surface area contributed by atoms with Crippen LogP contribution in [0.4, 0.5) is 11.4 Å². The largest absolute Gasteiger partial charge is 0.381 e. The first-order valence-electron chi connectivity index (χ1n) is 6.19. The van der Waals surface area contributed by atoms with Crippen molar-refractivity contribution in [2.45, 2.75) is 13.5 Å². The van der Waals surface area contributed by atoms with Crippen molar-refractivity contribution in [3.63, 3.8) is 0 Å². The highest BCUT2D eigenvalue weighted by molar-refractivity contribution is 6.33. The summed E-state index contributed by atoms with van der Waals surface area (Å²) in [5, 5.41) is 23.1. The molecule has 1 N–H and O–H groups in total. The van der Waals surface area contributed by atoms with E-state index in [2.05, 4.69) is 11.4 Å². The monoisotopic (exact) mass is 301 g/mol. The second-order valence-corrected chi connectivity index (χ2v) is 4.91. The minimum Gasteiger partial charge on any atom is -0.381 e. The van der Waals surface area contributed by atoms with Crippen molar-refractivity contribution in [3.8, 4) is 6.07 Å². The Balaban J connectivity index is 2.23. The van der Waals surface area contributed by atoms with Crippen molar-refractivity contribution in [1.29, 1.82) is 5.26 Å². The van der Waals surface area contributed by atoms with Crippen LogP contribution in [0.3, 0.4) is 0 Å². The van der Waals surface area contributed by atoms with Gasteiger partial charge in [-0.3, -0.25) is 10.1 Å². The average Bonchev–Trinajstić information content (AvgIpc) is 2.47. The number of halogens is 1. The Morgan fingerprint density at radius 1 is 1.38 bits per heavy atom. The van der Waals surface area contributed by atoms with Crippen molar-refractivity contribution >= 4 is 23.0 Å². The van der Waals surface area contributed by atoms with E-state index in [0.717, 1.165) is 11.1 Å². The van der Waals surface area contributed by atoms with E-state index in [1.807, 2.05) is 12.1 Å². The molecule has 0 bridgehead atoms. The van der Waals surface area contributed by atoms with Crippen LogP contribution in [-0.2, 0) is 6.54 Å². The van der Waals surface area contributed by atoms with Gasteiger partial charge in [-0.2, -0.15) is 5.26 Å². The maximum absolute atomic E-state index is 10.8. The third-order valence-electron chi connectivity index (χ3n) is 3.10. The van der Waals surface area contributed by atoms with Gasteiger partial charge in [-0.05, 0) is 30.2 Å². The number of benzene rings is 2. The van der Waals surface area contributed by atoms with Crippen molar-refractivity contribution < 1.29 is 4.92 Å². The summed E-state index contributed by atoms with van der Waals surface area (Å²) in [6, 6.07) is 12.3. The molecule has 106 valence electrons. The number of nitro benzene ring substituents is 1. The van der Waals surface area contributed by atoms with Gasteiger partial charge in [0.2, 0.25) is 0 Å². The molecule has 2 aromatic rings. The lowest BCUT2D eigenvalue weighted by atomic mass is 10.1. The summed E-state index contributed by atoms with van der Waals surface area (Å²) in [5.41, 5.74) is 2.76. The summed E-state index contributed by atoms with van der Waals surface area (Å²) in [5.74, 6) is 0. The summed E-state index contributed by atoms with van der Waals surface area (Å²) in [6.07, 6.45) is 0. The topological polar surface area (TPSA) is 79.0 Å². The third kappa shape index (κ3) is 3.30. The van der Waals surface area contributed by atoms with Crippen molar-refractivity contribution in [2.75, 3.05) is 5.32 Å². The van der Waals surface area contributed by atoms with E-state index in [1.54, 1.807) is 19.1 Å². The van der Waals surface area contributed by atoms with Crippen molar-refractivity contribution in [1.82, 2.24) is 0 Å². The van der Waals surface area contributed by atoms with Gasteiger partial charge in [0.05, 0.1) is 16.6 Å². The molecule has 0 fully saturated rings. The molecule has 0 aromatic heterocycles. The molecular weight excluding hydrogens is 290 g/mol. The zero-order valence-electron chi connectivity index (χ0n) is 11.3. The SMILES string of the molecule is Cc1cc([N+](=O)[O-])c(Cl)cc1NCc1ccccc1C#N. The minimum absolute atomic E-state index is 0.0849. The number of rotatable bonds is 4. The summed E-state index contributed by atoms with van der Waals surface area (Å²) >= 11 is 5.90. The van der Waals surface area contributed by atoms with Crippen LogP contribution in [0.2, 0.25) is 5.02 Å². The van der Waals surface area contributed by atoms with Crippen molar-refractivity contribution in [2.24, 2.45) is 0 Å². The number of anilines is 1. The third-order valence-corrected chi connectivity index (χ3v) is 3.40. The van der Waals surface area contributed by atoms with Crippen LogP contribution in [0, 0.1) is 28.4 Å². The maximum atomic E-state index is 10.8. The molecule has 0 heterocycles. The van der Waals surface area contributed by atoms with E-state index < -0.39 is 4.92 Å². The van der Waals surface area contributed by atoms with Gasteiger partial charge in [0.1, 0.15) is 5.02 Å². The zero-order valence-corrected chi connectivity index (χ0v) is 12.0. The predicted molar refractivity (Wildman–Crippen MR) is 81.3 cm³/mol. The molecule has 0 unspecified atom stereocenters. The number of hydrogen-bond acceptors (Lipinski definition) is 4. The highest BCUT2D eigenvalue weighted by atomic mass is 35.5.